The highest BCUT2D eigenvalue weighted by molar-refractivity contribution is 6.12. The van der Waals surface area contributed by atoms with Crippen LogP contribution in [0.2, 0.25) is 0 Å². The molecule has 6 rings (SSSR count). The van der Waals surface area contributed by atoms with Crippen molar-refractivity contribution in [2.75, 3.05) is 55.9 Å². The Morgan fingerprint density at radius 2 is 1.48 bits per heavy atom. The molecule has 1 fully saturated rings. The van der Waals surface area contributed by atoms with Crippen LogP contribution in [0.3, 0.4) is 0 Å². The number of methoxy groups -OCH3 is 2. The lowest BCUT2D eigenvalue weighted by Crippen LogP contribution is -2.45. The van der Waals surface area contributed by atoms with Gasteiger partial charge in [0.15, 0.2) is 22.7 Å². The number of nitrogens with zero attached hydrogens (tertiary/aromatic N) is 2. The van der Waals surface area contributed by atoms with Crippen LogP contribution < -0.4 is 30.4 Å². The topological polar surface area (TPSA) is 113 Å². The van der Waals surface area contributed by atoms with E-state index in [-0.39, 0.29) is 22.7 Å². The van der Waals surface area contributed by atoms with Gasteiger partial charge in [-0.25, -0.2) is 0 Å². The largest absolute Gasteiger partial charge is 0.493 e. The summed E-state index contributed by atoms with van der Waals surface area (Å²) in [4.78, 5) is 43.5. The van der Waals surface area contributed by atoms with Crippen LogP contribution in [-0.4, -0.2) is 57.1 Å². The zero-order valence-corrected chi connectivity index (χ0v) is 25.6. The molecule has 2 amide bonds. The predicted octanol–water partition coefficient (Wildman–Crippen LogP) is 5.64. The average molecular weight is 619 g/mol. The van der Waals surface area contributed by atoms with Gasteiger partial charge in [0.2, 0.25) is 0 Å². The second kappa shape index (κ2) is 13.6. The first kappa shape index (κ1) is 30.4. The summed E-state index contributed by atoms with van der Waals surface area (Å²) in [7, 11) is 3.28. The maximum Gasteiger partial charge on any atom is 0.291 e. The van der Waals surface area contributed by atoms with Crippen LogP contribution in [0.1, 0.15) is 26.5 Å². The Morgan fingerprint density at radius 1 is 0.761 bits per heavy atom. The van der Waals surface area contributed by atoms with E-state index in [0.717, 1.165) is 56.0 Å². The molecule has 234 valence electrons. The molecule has 1 aromatic heterocycles. The van der Waals surface area contributed by atoms with Crippen LogP contribution in [0.15, 0.2) is 106 Å². The van der Waals surface area contributed by atoms with Gasteiger partial charge in [0.1, 0.15) is 5.58 Å². The van der Waals surface area contributed by atoms with Crippen LogP contribution in [-0.2, 0) is 6.54 Å². The smallest absolute Gasteiger partial charge is 0.291 e. The van der Waals surface area contributed by atoms with Crippen molar-refractivity contribution in [1.82, 2.24) is 4.90 Å². The molecule has 0 atom stereocenters. The molecule has 0 unspecified atom stereocenters. The van der Waals surface area contributed by atoms with E-state index in [1.165, 1.54) is 5.56 Å². The van der Waals surface area contributed by atoms with Gasteiger partial charge >= 0.3 is 0 Å². The summed E-state index contributed by atoms with van der Waals surface area (Å²) in [6.07, 6.45) is 0. The zero-order valence-electron chi connectivity index (χ0n) is 25.6. The molecule has 1 aliphatic heterocycles. The zero-order chi connectivity index (χ0) is 32.0. The minimum atomic E-state index is -0.628. The lowest BCUT2D eigenvalue weighted by molar-refractivity contribution is 0.0997. The molecule has 1 saturated heterocycles. The number of rotatable bonds is 9. The second-order valence-electron chi connectivity index (χ2n) is 10.9. The normalized spacial score (nSPS) is 13.3. The van der Waals surface area contributed by atoms with Crippen molar-refractivity contribution < 1.29 is 23.5 Å². The second-order valence-corrected chi connectivity index (χ2v) is 10.9. The van der Waals surface area contributed by atoms with Gasteiger partial charge in [-0.2, -0.15) is 0 Å². The molecule has 4 aromatic carbocycles. The van der Waals surface area contributed by atoms with Crippen LogP contribution in [0.5, 0.6) is 11.5 Å². The molecular formula is C36H34N4O6. The van der Waals surface area contributed by atoms with Crippen LogP contribution >= 0.6 is 0 Å². The molecule has 0 radical (unpaired) electrons. The Hall–Kier alpha value is -5.61. The minimum Gasteiger partial charge on any atom is -0.493 e. The number of ether oxygens (including phenoxy) is 2. The molecule has 0 aliphatic carbocycles. The maximum atomic E-state index is 13.3. The minimum absolute atomic E-state index is 0.142. The number of para-hydroxylation sites is 2. The average Bonchev–Trinajstić information content (AvgIpc) is 3.09. The first-order valence-corrected chi connectivity index (χ1v) is 14.9. The molecule has 5 aromatic rings. The van der Waals surface area contributed by atoms with Crippen molar-refractivity contribution >= 4 is 39.8 Å². The third-order valence-electron chi connectivity index (χ3n) is 8.00. The standard InChI is InChI=1S/C36H34N4O6/c1-44-32-16-11-24(21-33(32)45-2)23-39-17-19-40(20-18-39)26-14-12-25(13-15-26)37-35(42)27-7-3-5-9-29(27)38-36(43)34-22-30(41)28-8-4-6-10-31(28)46-34/h3-16,21-22H,17-20,23H2,1-2H3,(H,37,42)(H,38,43). The Kier molecular flexibility index (Phi) is 8.98. The third kappa shape index (κ3) is 6.72. The summed E-state index contributed by atoms with van der Waals surface area (Å²) in [6.45, 7) is 4.42. The van der Waals surface area contributed by atoms with E-state index in [4.69, 9.17) is 13.9 Å². The van der Waals surface area contributed by atoms with Gasteiger partial charge in [-0.05, 0) is 66.2 Å². The van der Waals surface area contributed by atoms with Crippen LogP contribution in [0.4, 0.5) is 17.1 Å². The lowest BCUT2D eigenvalue weighted by Gasteiger charge is -2.36. The van der Waals surface area contributed by atoms with Gasteiger partial charge in [-0.3, -0.25) is 19.3 Å². The van der Waals surface area contributed by atoms with Gasteiger partial charge < -0.3 is 29.4 Å². The van der Waals surface area contributed by atoms with Gasteiger partial charge in [-0.1, -0.05) is 30.3 Å². The number of carbonyl (C=O) groups is 2. The highest BCUT2D eigenvalue weighted by Gasteiger charge is 2.20. The number of hydrogen-bond donors (Lipinski definition) is 2. The number of nitrogens with one attached hydrogen (secondary N) is 2. The fourth-order valence-corrected chi connectivity index (χ4v) is 5.55. The lowest BCUT2D eigenvalue weighted by atomic mass is 10.1. The van der Waals surface area contributed by atoms with E-state index in [0.29, 0.717) is 22.3 Å². The molecule has 2 heterocycles. The van der Waals surface area contributed by atoms with E-state index in [2.05, 4.69) is 26.5 Å². The van der Waals surface area contributed by atoms with Gasteiger partial charge in [-0.15, -0.1) is 0 Å². The first-order valence-electron chi connectivity index (χ1n) is 14.9. The Morgan fingerprint density at radius 3 is 2.24 bits per heavy atom. The number of hydrogen-bond acceptors (Lipinski definition) is 8. The molecule has 0 spiro atoms. The first-order chi connectivity index (χ1) is 22.4. The van der Waals surface area contributed by atoms with Crippen molar-refractivity contribution in [3.05, 3.63) is 124 Å². The maximum absolute atomic E-state index is 13.3. The number of benzene rings is 4. The molecule has 10 heteroatoms. The Labute approximate surface area is 266 Å². The summed E-state index contributed by atoms with van der Waals surface area (Å²) in [6, 6.07) is 28.3. The number of anilines is 3. The van der Waals surface area contributed by atoms with Crippen LogP contribution in [0.25, 0.3) is 11.0 Å². The summed E-state index contributed by atoms with van der Waals surface area (Å²) < 4.78 is 16.4. The van der Waals surface area contributed by atoms with Gasteiger partial charge in [0.25, 0.3) is 11.8 Å². The van der Waals surface area contributed by atoms with Crippen molar-refractivity contribution in [2.45, 2.75) is 6.54 Å². The number of carbonyl (C=O) groups excluding carboxylic acids is 2. The quantitative estimate of drug-likeness (QED) is 0.218. The van der Waals surface area contributed by atoms with Gasteiger partial charge in [0, 0.05) is 50.2 Å². The third-order valence-corrected chi connectivity index (χ3v) is 8.00. The summed E-state index contributed by atoms with van der Waals surface area (Å²) in [5.74, 6) is 0.301. The van der Waals surface area contributed by atoms with Crippen molar-refractivity contribution in [1.29, 1.82) is 0 Å². The highest BCUT2D eigenvalue weighted by atomic mass is 16.5. The summed E-state index contributed by atoms with van der Waals surface area (Å²) >= 11 is 0. The number of fused-ring (bicyclic) bond motifs is 1. The molecule has 0 bridgehead atoms. The molecular weight excluding hydrogens is 584 g/mol. The van der Waals surface area contributed by atoms with E-state index < -0.39 is 5.91 Å². The molecule has 0 saturated carbocycles. The van der Waals surface area contributed by atoms with E-state index in [1.807, 2.05) is 36.4 Å². The Bertz CT molecular complexity index is 1930. The summed E-state index contributed by atoms with van der Waals surface area (Å²) in [5, 5.41) is 6.02. The van der Waals surface area contributed by atoms with E-state index >= 15 is 0 Å². The molecule has 2 N–H and O–H groups in total. The SMILES string of the molecule is COc1ccc(CN2CCN(c3ccc(NC(=O)c4ccccc4NC(=O)c4cc(=O)c5ccccc5o4)cc3)CC2)cc1OC. The van der Waals surface area contributed by atoms with Crippen molar-refractivity contribution in [3.63, 3.8) is 0 Å². The van der Waals surface area contributed by atoms with Crippen LogP contribution in [0, 0.1) is 0 Å². The monoisotopic (exact) mass is 618 g/mol. The fourth-order valence-electron chi connectivity index (χ4n) is 5.55. The number of amides is 2. The van der Waals surface area contributed by atoms with Crippen molar-refractivity contribution in [2.24, 2.45) is 0 Å². The van der Waals surface area contributed by atoms with E-state index in [9.17, 15) is 14.4 Å². The van der Waals surface area contributed by atoms with Crippen molar-refractivity contribution in [3.8, 4) is 11.5 Å². The molecule has 46 heavy (non-hydrogen) atoms. The molecule has 1 aliphatic rings. The molecule has 10 nitrogen and oxygen atoms in total. The predicted molar refractivity (Wildman–Crippen MR) is 178 cm³/mol. The Balaban J connectivity index is 1.06. The van der Waals surface area contributed by atoms with E-state index in [1.54, 1.807) is 62.8 Å². The van der Waals surface area contributed by atoms with Gasteiger partial charge in [0.05, 0.1) is 30.9 Å². The fraction of sp³-hybridized carbons (Fsp3) is 0.194. The summed E-state index contributed by atoms with van der Waals surface area (Å²) in [5.41, 5.74) is 3.43. The highest BCUT2D eigenvalue weighted by Crippen LogP contribution is 2.29. The number of piperazine rings is 1.